The number of aromatic nitrogens is 1. The fourth-order valence-electron chi connectivity index (χ4n) is 2.23. The molecule has 1 aliphatic rings. The van der Waals surface area contributed by atoms with E-state index in [2.05, 4.69) is 28.9 Å². The van der Waals surface area contributed by atoms with Gasteiger partial charge in [-0.2, -0.15) is 0 Å². The van der Waals surface area contributed by atoms with E-state index < -0.39 is 10.0 Å². The minimum absolute atomic E-state index is 0.328. The van der Waals surface area contributed by atoms with Gasteiger partial charge < -0.3 is 10.3 Å². The molecule has 0 amide bonds. The molecule has 1 saturated carbocycles. The van der Waals surface area contributed by atoms with E-state index in [0.29, 0.717) is 29.8 Å². The van der Waals surface area contributed by atoms with Crippen LogP contribution >= 0.6 is 0 Å². The van der Waals surface area contributed by atoms with Crippen LogP contribution in [0.3, 0.4) is 0 Å². The summed E-state index contributed by atoms with van der Waals surface area (Å²) in [6.07, 6.45) is 5.10. The molecule has 1 unspecified atom stereocenters. The molecule has 1 aliphatic carbocycles. The Morgan fingerprint density at radius 2 is 2.20 bits per heavy atom. The third-order valence-electron chi connectivity index (χ3n) is 3.79. The first-order valence-electron chi connectivity index (χ1n) is 7.40. The Hall–Kier alpha value is -0.850. The highest BCUT2D eigenvalue weighted by Crippen LogP contribution is 2.36. The van der Waals surface area contributed by atoms with Crippen LogP contribution in [0.2, 0.25) is 0 Å². The second kappa shape index (κ2) is 6.74. The minimum atomic E-state index is -3.38. The zero-order chi connectivity index (χ0) is 14.6. The van der Waals surface area contributed by atoms with E-state index in [1.54, 1.807) is 12.3 Å². The maximum atomic E-state index is 12.2. The summed E-state index contributed by atoms with van der Waals surface area (Å²) in [5.74, 6) is 1.13. The van der Waals surface area contributed by atoms with Gasteiger partial charge in [-0.1, -0.05) is 13.8 Å². The van der Waals surface area contributed by atoms with Crippen LogP contribution in [0.5, 0.6) is 0 Å². The van der Waals surface area contributed by atoms with Crippen LogP contribution in [0.25, 0.3) is 0 Å². The molecule has 0 radical (unpaired) electrons. The van der Waals surface area contributed by atoms with Crippen molar-refractivity contribution in [3.05, 3.63) is 18.0 Å². The van der Waals surface area contributed by atoms with Gasteiger partial charge in [-0.25, -0.2) is 13.1 Å². The lowest BCUT2D eigenvalue weighted by atomic mass is 10.1. The zero-order valence-corrected chi connectivity index (χ0v) is 13.1. The molecule has 3 N–H and O–H groups in total. The molecule has 1 aromatic heterocycles. The minimum Gasteiger partial charge on any atom is -0.363 e. The molecule has 2 rings (SSSR count). The van der Waals surface area contributed by atoms with Gasteiger partial charge in [0.05, 0.1) is 4.90 Å². The van der Waals surface area contributed by atoms with Gasteiger partial charge in [0.1, 0.15) is 0 Å². The molecule has 0 saturated heterocycles. The number of sulfonamides is 1. The Kier molecular flexibility index (Phi) is 5.23. The monoisotopic (exact) mass is 299 g/mol. The number of rotatable bonds is 9. The van der Waals surface area contributed by atoms with Crippen LogP contribution < -0.4 is 10.0 Å². The summed E-state index contributed by atoms with van der Waals surface area (Å²) >= 11 is 0. The van der Waals surface area contributed by atoms with Crippen molar-refractivity contribution in [2.75, 3.05) is 13.1 Å². The Morgan fingerprint density at radius 3 is 2.85 bits per heavy atom. The van der Waals surface area contributed by atoms with E-state index in [1.807, 2.05) is 0 Å². The summed E-state index contributed by atoms with van der Waals surface area (Å²) in [4.78, 5) is 3.34. The molecule has 114 valence electrons. The van der Waals surface area contributed by atoms with Crippen molar-refractivity contribution >= 4 is 10.0 Å². The van der Waals surface area contributed by atoms with Gasteiger partial charge in [0.15, 0.2) is 0 Å². The number of H-pyrrole nitrogens is 1. The Labute approximate surface area is 121 Å². The maximum Gasteiger partial charge on any atom is 0.242 e. The van der Waals surface area contributed by atoms with Gasteiger partial charge in [-0.15, -0.1) is 0 Å². The summed E-state index contributed by atoms with van der Waals surface area (Å²) < 4.78 is 27.1. The van der Waals surface area contributed by atoms with Crippen LogP contribution in [0.4, 0.5) is 0 Å². The van der Waals surface area contributed by atoms with Crippen molar-refractivity contribution in [2.24, 2.45) is 11.8 Å². The molecule has 0 bridgehead atoms. The van der Waals surface area contributed by atoms with E-state index in [4.69, 9.17) is 0 Å². The first-order chi connectivity index (χ1) is 9.53. The first-order valence-corrected chi connectivity index (χ1v) is 8.89. The first kappa shape index (κ1) is 15.5. The molecule has 20 heavy (non-hydrogen) atoms. The van der Waals surface area contributed by atoms with Crippen molar-refractivity contribution in [2.45, 2.75) is 44.6 Å². The second-order valence-electron chi connectivity index (χ2n) is 5.70. The lowest BCUT2D eigenvalue weighted by Gasteiger charge is -2.10. The lowest BCUT2D eigenvalue weighted by Crippen LogP contribution is -2.28. The third kappa shape index (κ3) is 4.33. The normalized spacial score (nSPS) is 17.3. The van der Waals surface area contributed by atoms with Crippen LogP contribution in [0.1, 0.15) is 38.8 Å². The summed E-state index contributed by atoms with van der Waals surface area (Å²) in [6, 6.07) is 1.70. The predicted octanol–water partition coefficient (Wildman–Crippen LogP) is 1.84. The number of nitrogens with one attached hydrogen (secondary N) is 3. The number of aromatic amines is 1. The van der Waals surface area contributed by atoms with Crippen molar-refractivity contribution in [3.8, 4) is 0 Å². The van der Waals surface area contributed by atoms with Gasteiger partial charge in [-0.3, -0.25) is 0 Å². The quantitative estimate of drug-likeness (QED) is 0.609. The molecule has 1 heterocycles. The van der Waals surface area contributed by atoms with Crippen LogP contribution in [0, 0.1) is 11.8 Å². The van der Waals surface area contributed by atoms with Gasteiger partial charge in [0.2, 0.25) is 10.0 Å². The van der Waals surface area contributed by atoms with E-state index >= 15 is 0 Å². The average Bonchev–Trinajstić information content (AvgIpc) is 3.15. The van der Waals surface area contributed by atoms with Crippen molar-refractivity contribution in [3.63, 3.8) is 0 Å². The van der Waals surface area contributed by atoms with Gasteiger partial charge in [-0.05, 0) is 43.7 Å². The Bertz CT molecular complexity index is 520. The molecule has 0 aliphatic heterocycles. The maximum absolute atomic E-state index is 12.2. The summed E-state index contributed by atoms with van der Waals surface area (Å²) in [6.45, 7) is 6.33. The molecule has 6 heteroatoms. The van der Waals surface area contributed by atoms with Crippen LogP contribution in [-0.2, 0) is 16.6 Å². The van der Waals surface area contributed by atoms with E-state index in [-0.39, 0.29) is 0 Å². The standard InChI is InChI=1S/C14H25N3O2S/c1-3-6-15-9-13-7-14(10-16-13)20(18,19)17-8-11(2)12-4-5-12/h7,10-12,15-17H,3-6,8-9H2,1-2H3. The highest BCUT2D eigenvalue weighted by molar-refractivity contribution is 7.89. The molecule has 1 fully saturated rings. The van der Waals surface area contributed by atoms with E-state index in [9.17, 15) is 8.42 Å². The molecular weight excluding hydrogens is 274 g/mol. The molecule has 5 nitrogen and oxygen atoms in total. The summed E-state index contributed by atoms with van der Waals surface area (Å²) in [5.41, 5.74) is 0.897. The fourth-order valence-corrected chi connectivity index (χ4v) is 3.39. The molecule has 0 aromatic carbocycles. The fraction of sp³-hybridized carbons (Fsp3) is 0.714. The number of hydrogen-bond donors (Lipinski definition) is 3. The topological polar surface area (TPSA) is 74.0 Å². The van der Waals surface area contributed by atoms with Crippen molar-refractivity contribution < 1.29 is 8.42 Å². The highest BCUT2D eigenvalue weighted by Gasteiger charge is 2.28. The average molecular weight is 299 g/mol. The lowest BCUT2D eigenvalue weighted by molar-refractivity contribution is 0.492. The van der Waals surface area contributed by atoms with Crippen LogP contribution in [0.15, 0.2) is 17.2 Å². The SMILES string of the molecule is CCCNCc1cc(S(=O)(=O)NCC(C)C2CC2)c[nH]1. The van der Waals surface area contributed by atoms with Crippen LogP contribution in [-0.4, -0.2) is 26.5 Å². The molecule has 1 atom stereocenters. The summed E-state index contributed by atoms with van der Waals surface area (Å²) in [5, 5.41) is 3.24. The summed E-state index contributed by atoms with van der Waals surface area (Å²) in [7, 11) is -3.38. The smallest absolute Gasteiger partial charge is 0.242 e. The van der Waals surface area contributed by atoms with Gasteiger partial charge >= 0.3 is 0 Å². The van der Waals surface area contributed by atoms with Gasteiger partial charge in [0.25, 0.3) is 0 Å². The van der Waals surface area contributed by atoms with Gasteiger partial charge in [0, 0.05) is 25.0 Å². The highest BCUT2D eigenvalue weighted by atomic mass is 32.2. The molecule has 1 aromatic rings. The Morgan fingerprint density at radius 1 is 1.45 bits per heavy atom. The largest absolute Gasteiger partial charge is 0.363 e. The Balaban J connectivity index is 1.87. The molecular formula is C14H25N3O2S. The van der Waals surface area contributed by atoms with Crippen molar-refractivity contribution in [1.82, 2.24) is 15.0 Å². The zero-order valence-electron chi connectivity index (χ0n) is 12.3. The van der Waals surface area contributed by atoms with E-state index in [1.165, 1.54) is 12.8 Å². The molecule has 0 spiro atoms. The second-order valence-corrected chi connectivity index (χ2v) is 7.47. The third-order valence-corrected chi connectivity index (χ3v) is 5.19. The number of hydrogen-bond acceptors (Lipinski definition) is 3. The predicted molar refractivity (Wildman–Crippen MR) is 79.9 cm³/mol. The van der Waals surface area contributed by atoms with Crippen molar-refractivity contribution in [1.29, 1.82) is 0 Å². The van der Waals surface area contributed by atoms with E-state index in [0.717, 1.165) is 18.7 Å².